The molecule has 6 heteroatoms. The highest BCUT2D eigenvalue weighted by Gasteiger charge is 2.24. The largest absolute Gasteiger partial charge is 0.462 e. The molecule has 1 aliphatic rings. The third kappa shape index (κ3) is 2.59. The highest BCUT2D eigenvalue weighted by atomic mass is 32.2. The van der Waals surface area contributed by atoms with Crippen molar-refractivity contribution in [2.45, 2.75) is 13.8 Å². The van der Waals surface area contributed by atoms with Crippen molar-refractivity contribution < 1.29 is 9.53 Å². The molecule has 1 aromatic heterocycles. The Hall–Kier alpha value is -0.880. The summed E-state index contributed by atoms with van der Waals surface area (Å²) in [6, 6.07) is 0. The van der Waals surface area contributed by atoms with Crippen molar-refractivity contribution >= 4 is 39.1 Å². The Morgan fingerprint density at radius 2 is 2.11 bits per heavy atom. The van der Waals surface area contributed by atoms with Gasteiger partial charge in [-0.05, 0) is 13.8 Å². The van der Waals surface area contributed by atoms with Gasteiger partial charge in [0.15, 0.2) is 0 Å². The molecule has 4 nitrogen and oxygen atoms in total. The van der Waals surface area contributed by atoms with Crippen molar-refractivity contribution in [3.63, 3.8) is 0 Å². The molecule has 2 rings (SSSR count). The molecule has 0 saturated carbocycles. The summed E-state index contributed by atoms with van der Waals surface area (Å²) >= 11 is 3.46. The van der Waals surface area contributed by atoms with Gasteiger partial charge in [0.05, 0.1) is 17.2 Å². The van der Waals surface area contributed by atoms with E-state index in [1.165, 1.54) is 11.3 Å². The summed E-state index contributed by atoms with van der Waals surface area (Å²) in [5.74, 6) is 1.96. The van der Waals surface area contributed by atoms with Crippen LogP contribution in [0.25, 0.3) is 0 Å². The Morgan fingerprint density at radius 1 is 1.44 bits per heavy atom. The molecule has 100 valence electrons. The maximum absolute atomic E-state index is 11.9. The highest BCUT2D eigenvalue weighted by molar-refractivity contribution is 7.99. The summed E-state index contributed by atoms with van der Waals surface area (Å²) in [4.78, 5) is 14.2. The van der Waals surface area contributed by atoms with E-state index >= 15 is 0 Å². The molecule has 1 fully saturated rings. The molecule has 0 aliphatic carbocycles. The molecule has 0 spiro atoms. The topological polar surface area (TPSA) is 55.6 Å². The number of thioether (sulfide) groups is 1. The molecule has 0 atom stereocenters. The van der Waals surface area contributed by atoms with Crippen LogP contribution in [0.15, 0.2) is 0 Å². The maximum Gasteiger partial charge on any atom is 0.341 e. The molecule has 0 amide bonds. The van der Waals surface area contributed by atoms with E-state index in [-0.39, 0.29) is 5.97 Å². The zero-order valence-electron chi connectivity index (χ0n) is 10.7. The van der Waals surface area contributed by atoms with Gasteiger partial charge in [-0.15, -0.1) is 11.3 Å². The fraction of sp³-hybridized carbons (Fsp3) is 0.583. The van der Waals surface area contributed by atoms with Crippen molar-refractivity contribution in [3.05, 3.63) is 11.1 Å². The number of nitrogens with zero attached hydrogens (tertiary/aromatic N) is 1. The number of carbonyl (C=O) groups is 1. The van der Waals surface area contributed by atoms with Gasteiger partial charge < -0.3 is 15.4 Å². The average molecular weight is 286 g/mol. The Bertz CT molecular complexity index is 440. The standard InChI is InChI=1S/C12H18N2O2S2/c1-3-16-12(15)9-8(2)11(18-10(9)13)14-4-6-17-7-5-14/h3-7,13H2,1-2H3. The second kappa shape index (κ2) is 5.84. The summed E-state index contributed by atoms with van der Waals surface area (Å²) < 4.78 is 5.06. The van der Waals surface area contributed by atoms with Crippen LogP contribution in [0.2, 0.25) is 0 Å². The highest BCUT2D eigenvalue weighted by Crippen LogP contribution is 2.38. The van der Waals surface area contributed by atoms with Gasteiger partial charge >= 0.3 is 5.97 Å². The van der Waals surface area contributed by atoms with Gasteiger partial charge in [0.25, 0.3) is 0 Å². The minimum Gasteiger partial charge on any atom is -0.462 e. The van der Waals surface area contributed by atoms with Crippen LogP contribution in [-0.2, 0) is 4.74 Å². The molecule has 0 radical (unpaired) electrons. The number of ether oxygens (including phenoxy) is 1. The second-order valence-electron chi connectivity index (χ2n) is 4.09. The molecule has 18 heavy (non-hydrogen) atoms. The first kappa shape index (κ1) is 13.5. The van der Waals surface area contributed by atoms with Gasteiger partial charge in [-0.1, -0.05) is 0 Å². The summed E-state index contributed by atoms with van der Waals surface area (Å²) in [5, 5.41) is 1.69. The first-order valence-electron chi connectivity index (χ1n) is 6.03. The van der Waals surface area contributed by atoms with Crippen LogP contribution in [0.4, 0.5) is 10.0 Å². The Morgan fingerprint density at radius 3 is 2.72 bits per heavy atom. The van der Waals surface area contributed by atoms with E-state index < -0.39 is 0 Å². The molecular weight excluding hydrogens is 268 g/mol. The number of nitrogens with two attached hydrogens (primary N) is 1. The van der Waals surface area contributed by atoms with Crippen LogP contribution < -0.4 is 10.6 Å². The average Bonchev–Trinajstić information content (AvgIpc) is 2.66. The molecule has 0 aromatic carbocycles. The van der Waals surface area contributed by atoms with Crippen LogP contribution in [0, 0.1) is 6.92 Å². The van der Waals surface area contributed by atoms with Crippen LogP contribution in [0.5, 0.6) is 0 Å². The van der Waals surface area contributed by atoms with Gasteiger partial charge in [0.2, 0.25) is 0 Å². The Balaban J connectivity index is 2.27. The zero-order valence-corrected chi connectivity index (χ0v) is 12.3. The summed E-state index contributed by atoms with van der Waals surface area (Å²) in [6.07, 6.45) is 0. The summed E-state index contributed by atoms with van der Waals surface area (Å²) in [7, 11) is 0. The van der Waals surface area contributed by atoms with Crippen molar-refractivity contribution in [2.24, 2.45) is 0 Å². The first-order chi connectivity index (χ1) is 8.65. The predicted molar refractivity (Wildman–Crippen MR) is 79.0 cm³/mol. The monoisotopic (exact) mass is 286 g/mol. The van der Waals surface area contributed by atoms with E-state index in [1.807, 2.05) is 18.7 Å². The Kier molecular flexibility index (Phi) is 4.40. The number of carbonyl (C=O) groups excluding carboxylic acids is 1. The molecule has 1 aliphatic heterocycles. The fourth-order valence-corrected chi connectivity index (χ4v) is 4.07. The lowest BCUT2D eigenvalue weighted by Gasteiger charge is -2.27. The van der Waals surface area contributed by atoms with Gasteiger partial charge in [-0.25, -0.2) is 4.79 Å². The molecule has 2 heterocycles. The first-order valence-corrected chi connectivity index (χ1v) is 8.01. The lowest BCUT2D eigenvalue weighted by Crippen LogP contribution is -2.32. The van der Waals surface area contributed by atoms with Gasteiger partial charge in [-0.2, -0.15) is 11.8 Å². The lowest BCUT2D eigenvalue weighted by atomic mass is 10.2. The SMILES string of the molecule is CCOC(=O)c1c(N)sc(N2CCSCC2)c1C. The fourth-order valence-electron chi connectivity index (χ4n) is 2.05. The number of esters is 1. The maximum atomic E-state index is 11.9. The van der Waals surface area contributed by atoms with Crippen LogP contribution in [0.3, 0.4) is 0 Å². The van der Waals surface area contributed by atoms with Gasteiger partial charge in [0.1, 0.15) is 5.00 Å². The van der Waals surface area contributed by atoms with Gasteiger partial charge in [0, 0.05) is 30.2 Å². The summed E-state index contributed by atoms with van der Waals surface area (Å²) in [6.45, 7) is 6.18. The summed E-state index contributed by atoms with van der Waals surface area (Å²) in [5.41, 5.74) is 7.48. The normalized spacial score (nSPS) is 15.8. The lowest BCUT2D eigenvalue weighted by molar-refractivity contribution is 0.0527. The Labute approximate surface area is 115 Å². The van der Waals surface area contributed by atoms with E-state index in [9.17, 15) is 4.79 Å². The minimum atomic E-state index is -0.304. The van der Waals surface area contributed by atoms with Gasteiger partial charge in [-0.3, -0.25) is 0 Å². The van der Waals surface area contributed by atoms with E-state index in [1.54, 1.807) is 6.92 Å². The predicted octanol–water partition coefficient (Wildman–Crippen LogP) is 2.37. The zero-order chi connectivity index (χ0) is 13.1. The van der Waals surface area contributed by atoms with Crippen LogP contribution >= 0.6 is 23.1 Å². The smallest absolute Gasteiger partial charge is 0.341 e. The molecule has 1 saturated heterocycles. The number of nitrogen functional groups attached to an aromatic ring is 1. The number of thiophene rings is 1. The van der Waals surface area contributed by atoms with Crippen molar-refractivity contribution in [1.29, 1.82) is 0 Å². The number of anilines is 2. The van der Waals surface area contributed by atoms with E-state index in [0.717, 1.165) is 35.2 Å². The number of hydrogen-bond donors (Lipinski definition) is 1. The van der Waals surface area contributed by atoms with E-state index in [2.05, 4.69) is 4.90 Å². The third-order valence-electron chi connectivity index (χ3n) is 2.93. The van der Waals surface area contributed by atoms with Crippen molar-refractivity contribution in [1.82, 2.24) is 0 Å². The van der Waals surface area contributed by atoms with Crippen LogP contribution in [0.1, 0.15) is 22.8 Å². The quantitative estimate of drug-likeness (QED) is 0.865. The van der Waals surface area contributed by atoms with Crippen LogP contribution in [-0.4, -0.2) is 37.2 Å². The van der Waals surface area contributed by atoms with Crippen molar-refractivity contribution in [3.8, 4) is 0 Å². The second-order valence-corrected chi connectivity index (χ2v) is 6.35. The number of rotatable bonds is 3. The van der Waals surface area contributed by atoms with E-state index in [4.69, 9.17) is 10.5 Å². The van der Waals surface area contributed by atoms with Crippen molar-refractivity contribution in [2.75, 3.05) is 41.8 Å². The molecule has 0 unspecified atom stereocenters. The molecule has 2 N–H and O–H groups in total. The molecule has 1 aromatic rings. The third-order valence-corrected chi connectivity index (χ3v) is 5.05. The number of hydrogen-bond acceptors (Lipinski definition) is 6. The van der Waals surface area contributed by atoms with E-state index in [0.29, 0.717) is 17.2 Å². The minimum absolute atomic E-state index is 0.304. The molecule has 0 bridgehead atoms. The molecular formula is C12H18N2O2S2.